The summed E-state index contributed by atoms with van der Waals surface area (Å²) < 4.78 is 1.24. The lowest BCUT2D eigenvalue weighted by Crippen LogP contribution is -2.32. The summed E-state index contributed by atoms with van der Waals surface area (Å²) in [6.45, 7) is 1.41. The molecule has 0 N–H and O–H groups in total. The average molecular weight is 159 g/mol. The molecule has 2 amide bonds. The van der Waals surface area contributed by atoms with E-state index in [4.69, 9.17) is 0 Å². The second-order valence-electron chi connectivity index (χ2n) is 2.14. The molecule has 0 aromatic rings. The lowest BCUT2D eigenvalue weighted by molar-refractivity contribution is -0.137. The number of nitrogens with zero attached hydrogens (tertiary/aromatic N) is 1. The first kappa shape index (κ1) is 7.60. The summed E-state index contributed by atoms with van der Waals surface area (Å²) in [5.74, 6) is 0.671. The number of amides is 2. The van der Waals surface area contributed by atoms with Crippen LogP contribution in [0.15, 0.2) is 0 Å². The number of hydrogen-bond acceptors (Lipinski definition) is 3. The van der Waals surface area contributed by atoms with E-state index in [0.29, 0.717) is 6.42 Å². The van der Waals surface area contributed by atoms with Gasteiger partial charge in [0.2, 0.25) is 11.8 Å². The fraction of sp³-hybridized carbons (Fsp3) is 0.667. The minimum absolute atomic E-state index is 0.0521. The molecule has 1 rings (SSSR count). The Hall–Kier alpha value is -0.510. The molecule has 1 saturated heterocycles. The molecular weight excluding hydrogens is 150 g/mol. The molecule has 0 aromatic carbocycles. The van der Waals surface area contributed by atoms with Gasteiger partial charge in [0.15, 0.2) is 0 Å². The Labute approximate surface area is 63.9 Å². The second kappa shape index (κ2) is 3.05. The number of carbonyl (C=O) groups excluding carboxylic acids is 2. The third-order valence-corrected chi connectivity index (χ3v) is 2.46. The molecule has 0 bridgehead atoms. The average Bonchev–Trinajstić information content (AvgIpc) is 1.88. The van der Waals surface area contributed by atoms with E-state index in [2.05, 4.69) is 0 Å². The number of imide groups is 1. The maximum absolute atomic E-state index is 10.9. The molecule has 0 radical (unpaired) electrons. The smallest absolute Gasteiger partial charge is 0.239 e. The van der Waals surface area contributed by atoms with E-state index in [0.717, 1.165) is 12.2 Å². The number of carbonyl (C=O) groups is 2. The van der Waals surface area contributed by atoms with E-state index >= 15 is 0 Å². The van der Waals surface area contributed by atoms with Gasteiger partial charge in [0.1, 0.15) is 0 Å². The van der Waals surface area contributed by atoms with Gasteiger partial charge in [-0.2, -0.15) is 0 Å². The summed E-state index contributed by atoms with van der Waals surface area (Å²) in [6, 6.07) is 0. The van der Waals surface area contributed by atoms with E-state index in [9.17, 15) is 9.59 Å². The Kier molecular flexibility index (Phi) is 2.32. The second-order valence-corrected chi connectivity index (χ2v) is 3.18. The van der Waals surface area contributed by atoms with Crippen LogP contribution in [0, 0.1) is 0 Å². The first-order chi connectivity index (χ1) is 4.72. The van der Waals surface area contributed by atoms with Gasteiger partial charge >= 0.3 is 0 Å². The topological polar surface area (TPSA) is 37.4 Å². The Bertz CT molecular complexity index is 169. The first-order valence-electron chi connectivity index (χ1n) is 3.18. The maximum Gasteiger partial charge on any atom is 0.239 e. The number of hydrogen-bond donors (Lipinski definition) is 0. The van der Waals surface area contributed by atoms with Gasteiger partial charge in [-0.1, -0.05) is 0 Å². The zero-order valence-corrected chi connectivity index (χ0v) is 6.61. The molecule has 1 fully saturated rings. The monoisotopic (exact) mass is 159 g/mol. The highest BCUT2D eigenvalue weighted by Gasteiger charge is 2.21. The summed E-state index contributed by atoms with van der Waals surface area (Å²) in [4.78, 5) is 21.6. The Morgan fingerprint density at radius 1 is 1.70 bits per heavy atom. The van der Waals surface area contributed by atoms with Crippen molar-refractivity contribution >= 4 is 23.8 Å². The summed E-state index contributed by atoms with van der Waals surface area (Å²) in [5, 5.41) is 0. The van der Waals surface area contributed by atoms with Crippen LogP contribution < -0.4 is 0 Å². The van der Waals surface area contributed by atoms with E-state index in [1.807, 2.05) is 0 Å². The Morgan fingerprint density at radius 3 is 2.80 bits per heavy atom. The van der Waals surface area contributed by atoms with Crippen LogP contribution in [-0.4, -0.2) is 21.9 Å². The molecule has 1 heterocycles. The Morgan fingerprint density at radius 2 is 2.40 bits per heavy atom. The lowest BCUT2D eigenvalue weighted by Gasteiger charge is -2.21. The molecular formula is C6H9NO2S. The fourth-order valence-electron chi connectivity index (χ4n) is 0.819. The third kappa shape index (κ3) is 1.50. The zero-order chi connectivity index (χ0) is 7.56. The molecule has 1 aliphatic rings. The highest BCUT2D eigenvalue weighted by atomic mass is 32.2. The summed E-state index contributed by atoms with van der Waals surface area (Å²) in [5.41, 5.74) is 0. The molecule has 4 heteroatoms. The number of rotatable bonds is 0. The van der Waals surface area contributed by atoms with Crippen LogP contribution in [0.2, 0.25) is 0 Å². The summed E-state index contributed by atoms with van der Waals surface area (Å²) in [7, 11) is 0. The van der Waals surface area contributed by atoms with Crippen LogP contribution in [-0.2, 0) is 9.59 Å². The van der Waals surface area contributed by atoms with Gasteiger partial charge in [-0.3, -0.25) is 9.59 Å². The SMILES string of the molecule is CC(=O)N1SCCCC1=O. The van der Waals surface area contributed by atoms with Gasteiger partial charge in [0.25, 0.3) is 0 Å². The zero-order valence-electron chi connectivity index (χ0n) is 5.79. The molecule has 0 atom stereocenters. The van der Waals surface area contributed by atoms with Crippen molar-refractivity contribution in [2.24, 2.45) is 0 Å². The molecule has 0 aliphatic carbocycles. The molecule has 0 spiro atoms. The molecule has 56 valence electrons. The van der Waals surface area contributed by atoms with Gasteiger partial charge in [-0.25, -0.2) is 4.31 Å². The van der Waals surface area contributed by atoms with Crippen molar-refractivity contribution in [2.45, 2.75) is 19.8 Å². The molecule has 10 heavy (non-hydrogen) atoms. The van der Waals surface area contributed by atoms with Crippen LogP contribution in [0.5, 0.6) is 0 Å². The van der Waals surface area contributed by atoms with E-state index < -0.39 is 0 Å². The summed E-state index contributed by atoms with van der Waals surface area (Å²) in [6.07, 6.45) is 1.42. The van der Waals surface area contributed by atoms with E-state index in [-0.39, 0.29) is 11.8 Å². The van der Waals surface area contributed by atoms with Crippen molar-refractivity contribution < 1.29 is 9.59 Å². The quantitative estimate of drug-likeness (QED) is 0.491. The van der Waals surface area contributed by atoms with Gasteiger partial charge < -0.3 is 0 Å². The minimum Gasteiger partial charge on any atom is -0.274 e. The molecule has 0 aromatic heterocycles. The van der Waals surface area contributed by atoms with Crippen molar-refractivity contribution in [3.8, 4) is 0 Å². The van der Waals surface area contributed by atoms with Crippen molar-refractivity contribution in [3.05, 3.63) is 0 Å². The third-order valence-electron chi connectivity index (χ3n) is 1.27. The maximum atomic E-state index is 10.9. The largest absolute Gasteiger partial charge is 0.274 e. The van der Waals surface area contributed by atoms with Crippen molar-refractivity contribution in [2.75, 3.05) is 5.75 Å². The van der Waals surface area contributed by atoms with Crippen LogP contribution >= 0.6 is 11.9 Å². The van der Waals surface area contributed by atoms with Crippen molar-refractivity contribution in [3.63, 3.8) is 0 Å². The summed E-state index contributed by atoms with van der Waals surface area (Å²) >= 11 is 1.31. The van der Waals surface area contributed by atoms with Crippen molar-refractivity contribution in [1.82, 2.24) is 4.31 Å². The molecule has 3 nitrogen and oxygen atoms in total. The van der Waals surface area contributed by atoms with Gasteiger partial charge in [0.05, 0.1) is 0 Å². The standard InChI is InChI=1S/C6H9NO2S/c1-5(8)7-6(9)3-2-4-10-7/h2-4H2,1H3. The van der Waals surface area contributed by atoms with Crippen LogP contribution in [0.1, 0.15) is 19.8 Å². The predicted molar refractivity (Wildman–Crippen MR) is 39.2 cm³/mol. The normalized spacial score (nSPS) is 19.3. The molecule has 0 unspecified atom stereocenters. The van der Waals surface area contributed by atoms with Crippen LogP contribution in [0.4, 0.5) is 0 Å². The van der Waals surface area contributed by atoms with Crippen molar-refractivity contribution in [1.29, 1.82) is 0 Å². The molecule has 0 saturated carbocycles. The van der Waals surface area contributed by atoms with Crippen LogP contribution in [0.3, 0.4) is 0 Å². The van der Waals surface area contributed by atoms with E-state index in [1.54, 1.807) is 0 Å². The fourth-order valence-corrected chi connectivity index (χ4v) is 1.69. The Balaban J connectivity index is 2.56. The van der Waals surface area contributed by atoms with Gasteiger partial charge in [0, 0.05) is 19.1 Å². The molecule has 1 aliphatic heterocycles. The van der Waals surface area contributed by atoms with Crippen LogP contribution in [0.25, 0.3) is 0 Å². The van der Waals surface area contributed by atoms with Gasteiger partial charge in [-0.05, 0) is 18.4 Å². The highest BCUT2D eigenvalue weighted by molar-refractivity contribution is 7.98. The van der Waals surface area contributed by atoms with Gasteiger partial charge in [-0.15, -0.1) is 0 Å². The van der Waals surface area contributed by atoms with E-state index in [1.165, 1.54) is 23.2 Å². The predicted octanol–water partition coefficient (Wildman–Crippen LogP) is 0.804. The minimum atomic E-state index is -0.158. The highest BCUT2D eigenvalue weighted by Crippen LogP contribution is 2.20. The first-order valence-corrected chi connectivity index (χ1v) is 4.12. The lowest BCUT2D eigenvalue weighted by atomic mass is 10.3.